The Morgan fingerprint density at radius 3 is 2.67 bits per heavy atom. The molecule has 2 aromatic carbocycles. The van der Waals surface area contributed by atoms with Gasteiger partial charge in [0.2, 0.25) is 0 Å². The molecule has 0 saturated carbocycles. The predicted octanol–water partition coefficient (Wildman–Crippen LogP) is 2.89. The van der Waals surface area contributed by atoms with E-state index in [2.05, 4.69) is 16.0 Å². The van der Waals surface area contributed by atoms with Crippen LogP contribution in [0, 0.1) is 18.3 Å². The lowest BCUT2D eigenvalue weighted by Crippen LogP contribution is -2.19. The summed E-state index contributed by atoms with van der Waals surface area (Å²) in [6, 6.07) is 17.0. The smallest absolute Gasteiger partial charge is 0.271 e. The fourth-order valence-corrected chi connectivity index (χ4v) is 2.35. The fourth-order valence-electron chi connectivity index (χ4n) is 2.35. The van der Waals surface area contributed by atoms with Crippen LogP contribution in [-0.2, 0) is 0 Å². The molecule has 3 rings (SSSR count). The molecular weight excluding hydrogens is 262 g/mol. The molecular formula is C17H13N3O. The van der Waals surface area contributed by atoms with Crippen LogP contribution in [0.5, 0.6) is 0 Å². The molecule has 0 aliphatic rings. The number of aromatic amines is 1. The van der Waals surface area contributed by atoms with Gasteiger partial charge in [-0.3, -0.25) is 4.79 Å². The average molecular weight is 275 g/mol. The standard InChI is InChI=1S/C17H13N3O/c1-11-7-8-14-15(9-11)20-17(21)16(19-14)13(10-18)12-5-3-2-4-6-12/h2-9,13H,1H3,(H,20,21)/t13-/m1/s1. The lowest BCUT2D eigenvalue weighted by molar-refractivity contribution is 0.938. The molecule has 0 spiro atoms. The topological polar surface area (TPSA) is 69.5 Å². The van der Waals surface area contributed by atoms with Gasteiger partial charge in [-0.2, -0.15) is 5.26 Å². The van der Waals surface area contributed by atoms with Crippen molar-refractivity contribution in [2.45, 2.75) is 12.8 Å². The quantitative estimate of drug-likeness (QED) is 0.781. The van der Waals surface area contributed by atoms with Gasteiger partial charge in [0, 0.05) is 0 Å². The summed E-state index contributed by atoms with van der Waals surface area (Å²) in [5.41, 5.74) is 3.11. The molecule has 1 N–H and O–H groups in total. The zero-order valence-corrected chi connectivity index (χ0v) is 11.5. The normalized spacial score (nSPS) is 12.0. The molecule has 0 fully saturated rings. The van der Waals surface area contributed by atoms with Crippen molar-refractivity contribution in [3.63, 3.8) is 0 Å². The van der Waals surface area contributed by atoms with E-state index in [4.69, 9.17) is 0 Å². The van der Waals surface area contributed by atoms with Crippen molar-refractivity contribution in [3.8, 4) is 6.07 Å². The van der Waals surface area contributed by atoms with E-state index in [0.29, 0.717) is 11.0 Å². The maximum Gasteiger partial charge on any atom is 0.271 e. The fraction of sp³-hybridized carbons (Fsp3) is 0.118. The summed E-state index contributed by atoms with van der Waals surface area (Å²) in [6.45, 7) is 1.95. The predicted molar refractivity (Wildman–Crippen MR) is 81.0 cm³/mol. The van der Waals surface area contributed by atoms with E-state index in [9.17, 15) is 10.1 Å². The van der Waals surface area contributed by atoms with E-state index in [1.54, 1.807) is 0 Å². The molecule has 1 atom stereocenters. The maximum absolute atomic E-state index is 12.2. The molecule has 0 aliphatic heterocycles. The Kier molecular flexibility index (Phi) is 3.25. The number of hydrogen-bond donors (Lipinski definition) is 1. The Morgan fingerprint density at radius 2 is 1.95 bits per heavy atom. The Hall–Kier alpha value is -2.93. The average Bonchev–Trinajstić information content (AvgIpc) is 2.50. The van der Waals surface area contributed by atoms with Crippen molar-refractivity contribution in [3.05, 3.63) is 75.7 Å². The van der Waals surface area contributed by atoms with Crippen molar-refractivity contribution in [1.82, 2.24) is 9.97 Å². The van der Waals surface area contributed by atoms with E-state index in [-0.39, 0.29) is 11.3 Å². The van der Waals surface area contributed by atoms with E-state index in [1.165, 1.54) is 0 Å². The molecule has 1 aromatic heterocycles. The summed E-state index contributed by atoms with van der Waals surface area (Å²) >= 11 is 0. The highest BCUT2D eigenvalue weighted by Gasteiger charge is 2.19. The largest absolute Gasteiger partial charge is 0.319 e. The van der Waals surface area contributed by atoms with Crippen LogP contribution < -0.4 is 5.56 Å². The van der Waals surface area contributed by atoms with Gasteiger partial charge >= 0.3 is 0 Å². The first-order valence-electron chi connectivity index (χ1n) is 6.64. The number of aromatic nitrogens is 2. The summed E-state index contributed by atoms with van der Waals surface area (Å²) in [6.07, 6.45) is 0. The molecule has 102 valence electrons. The molecule has 0 bridgehead atoms. The summed E-state index contributed by atoms with van der Waals surface area (Å²) in [5, 5.41) is 9.43. The molecule has 21 heavy (non-hydrogen) atoms. The van der Waals surface area contributed by atoms with E-state index in [0.717, 1.165) is 11.1 Å². The van der Waals surface area contributed by atoms with E-state index in [1.807, 2.05) is 55.5 Å². The third kappa shape index (κ3) is 2.41. The third-order valence-corrected chi connectivity index (χ3v) is 3.41. The van der Waals surface area contributed by atoms with Gasteiger partial charge in [0.05, 0.1) is 17.1 Å². The highest BCUT2D eigenvalue weighted by atomic mass is 16.1. The number of hydrogen-bond acceptors (Lipinski definition) is 3. The molecule has 0 saturated heterocycles. The number of nitrogens with one attached hydrogen (secondary N) is 1. The summed E-state index contributed by atoms with van der Waals surface area (Å²) in [4.78, 5) is 19.5. The SMILES string of the molecule is Cc1ccc2nc([C@H](C#N)c3ccccc3)c(=O)[nH]c2c1. The first kappa shape index (κ1) is 13.1. The van der Waals surface area contributed by atoms with Crippen LogP contribution in [0.4, 0.5) is 0 Å². The minimum absolute atomic E-state index is 0.236. The van der Waals surface area contributed by atoms with Crippen molar-refractivity contribution >= 4 is 11.0 Å². The van der Waals surface area contributed by atoms with Crippen LogP contribution in [0.25, 0.3) is 11.0 Å². The van der Waals surface area contributed by atoms with Crippen molar-refractivity contribution in [2.75, 3.05) is 0 Å². The number of fused-ring (bicyclic) bond motifs is 1. The van der Waals surface area contributed by atoms with Gasteiger partial charge in [-0.1, -0.05) is 36.4 Å². The first-order valence-corrected chi connectivity index (χ1v) is 6.64. The molecule has 3 aromatic rings. The van der Waals surface area contributed by atoms with Gasteiger partial charge in [-0.25, -0.2) is 4.98 Å². The number of H-pyrrole nitrogens is 1. The number of benzene rings is 2. The zero-order chi connectivity index (χ0) is 14.8. The number of nitriles is 1. The Bertz CT molecular complexity index is 891. The lowest BCUT2D eigenvalue weighted by Gasteiger charge is -2.09. The van der Waals surface area contributed by atoms with Crippen LogP contribution >= 0.6 is 0 Å². The molecule has 0 amide bonds. The second-order valence-electron chi connectivity index (χ2n) is 4.94. The highest BCUT2D eigenvalue weighted by Crippen LogP contribution is 2.21. The van der Waals surface area contributed by atoms with Crippen LogP contribution in [0.3, 0.4) is 0 Å². The molecule has 4 nitrogen and oxygen atoms in total. The van der Waals surface area contributed by atoms with Crippen molar-refractivity contribution in [1.29, 1.82) is 5.26 Å². The van der Waals surface area contributed by atoms with Crippen molar-refractivity contribution in [2.24, 2.45) is 0 Å². The highest BCUT2D eigenvalue weighted by molar-refractivity contribution is 5.74. The summed E-state index contributed by atoms with van der Waals surface area (Å²) in [7, 11) is 0. The van der Waals surface area contributed by atoms with Gasteiger partial charge in [0.15, 0.2) is 0 Å². The summed E-state index contributed by atoms with van der Waals surface area (Å²) in [5.74, 6) is -0.666. The van der Waals surface area contributed by atoms with E-state index < -0.39 is 5.92 Å². The van der Waals surface area contributed by atoms with Gasteiger partial charge in [0.25, 0.3) is 5.56 Å². The second-order valence-corrected chi connectivity index (χ2v) is 4.94. The lowest BCUT2D eigenvalue weighted by atomic mass is 9.97. The molecule has 4 heteroatoms. The van der Waals surface area contributed by atoms with Crippen LogP contribution in [0.2, 0.25) is 0 Å². The second kappa shape index (κ2) is 5.22. The van der Waals surface area contributed by atoms with E-state index >= 15 is 0 Å². The molecule has 1 heterocycles. The van der Waals surface area contributed by atoms with Gasteiger partial charge < -0.3 is 4.98 Å². The monoisotopic (exact) mass is 275 g/mol. The zero-order valence-electron chi connectivity index (χ0n) is 11.5. The molecule has 0 unspecified atom stereocenters. The van der Waals surface area contributed by atoms with Crippen LogP contribution in [0.15, 0.2) is 53.3 Å². The Morgan fingerprint density at radius 1 is 1.19 bits per heavy atom. The van der Waals surface area contributed by atoms with Crippen LogP contribution in [0.1, 0.15) is 22.7 Å². The third-order valence-electron chi connectivity index (χ3n) is 3.41. The number of rotatable bonds is 2. The van der Waals surface area contributed by atoms with Crippen molar-refractivity contribution < 1.29 is 0 Å². The number of nitrogens with zero attached hydrogens (tertiary/aromatic N) is 2. The first-order chi connectivity index (χ1) is 10.2. The number of aryl methyl sites for hydroxylation is 1. The van der Waals surface area contributed by atoms with Gasteiger partial charge in [-0.05, 0) is 30.2 Å². The van der Waals surface area contributed by atoms with Gasteiger partial charge in [-0.15, -0.1) is 0 Å². The maximum atomic E-state index is 12.2. The summed E-state index contributed by atoms with van der Waals surface area (Å²) < 4.78 is 0. The van der Waals surface area contributed by atoms with Crippen LogP contribution in [-0.4, -0.2) is 9.97 Å². The Balaban J connectivity index is 2.20. The minimum Gasteiger partial charge on any atom is -0.319 e. The molecule has 0 radical (unpaired) electrons. The molecule has 0 aliphatic carbocycles. The Labute approximate surface area is 121 Å². The minimum atomic E-state index is -0.666. The van der Waals surface area contributed by atoms with Gasteiger partial charge in [0.1, 0.15) is 11.6 Å².